The average molecular weight is 318 g/mol. The predicted molar refractivity (Wildman–Crippen MR) is 72.6 cm³/mol. The zero-order chi connectivity index (χ0) is 14.9. The Morgan fingerprint density at radius 2 is 1.95 bits per heavy atom. The van der Waals surface area contributed by atoms with E-state index in [1.807, 2.05) is 0 Å². The van der Waals surface area contributed by atoms with Gasteiger partial charge >= 0.3 is 5.97 Å². The van der Waals surface area contributed by atoms with Crippen LogP contribution in [0.2, 0.25) is 10.0 Å². The van der Waals surface area contributed by atoms with E-state index in [1.54, 1.807) is 0 Å². The third-order valence-electron chi connectivity index (χ3n) is 2.77. The zero-order valence-electron chi connectivity index (χ0n) is 10.1. The highest BCUT2D eigenvalue weighted by Crippen LogP contribution is 2.26. The second-order valence-corrected chi connectivity index (χ2v) is 5.19. The molecule has 0 unspecified atom stereocenters. The van der Waals surface area contributed by atoms with Crippen LogP contribution >= 0.6 is 23.2 Å². The van der Waals surface area contributed by atoms with Crippen molar-refractivity contribution < 1.29 is 19.1 Å². The van der Waals surface area contributed by atoms with E-state index in [4.69, 9.17) is 28.3 Å². The third-order valence-corrected chi connectivity index (χ3v) is 3.37. The first-order chi connectivity index (χ1) is 9.40. The molecule has 0 amide bonds. The Balaban J connectivity index is 2.34. The van der Waals surface area contributed by atoms with Gasteiger partial charge < -0.3 is 10.4 Å². The van der Waals surface area contributed by atoms with Crippen molar-refractivity contribution in [2.45, 2.75) is 18.9 Å². The van der Waals surface area contributed by atoms with Crippen LogP contribution in [0.5, 0.6) is 0 Å². The molecule has 0 heterocycles. The van der Waals surface area contributed by atoms with E-state index in [0.717, 1.165) is 31.2 Å². The van der Waals surface area contributed by atoms with E-state index in [1.165, 1.54) is 0 Å². The molecule has 0 atom stereocenters. The fraction of sp³-hybridized carbons (Fsp3) is 0.231. The average Bonchev–Trinajstić information content (AvgIpc) is 3.17. The summed E-state index contributed by atoms with van der Waals surface area (Å²) in [5.41, 5.74) is -0.736. The standard InChI is InChI=1S/C13H10Cl2FNO3/c14-9-4-10(15)11(16)3-7(9)12(18)8(13(19)20)5-17-6-1-2-6/h3-6,17H,1-2H2,(H,19,20). The van der Waals surface area contributed by atoms with E-state index < -0.39 is 23.1 Å². The Morgan fingerprint density at radius 1 is 1.30 bits per heavy atom. The highest BCUT2D eigenvalue weighted by molar-refractivity contribution is 6.38. The minimum Gasteiger partial charge on any atom is -0.477 e. The van der Waals surface area contributed by atoms with Crippen molar-refractivity contribution in [1.29, 1.82) is 0 Å². The summed E-state index contributed by atoms with van der Waals surface area (Å²) in [6.07, 6.45) is 2.98. The maximum atomic E-state index is 13.4. The van der Waals surface area contributed by atoms with Gasteiger partial charge in [0.15, 0.2) is 0 Å². The molecule has 1 saturated carbocycles. The first-order valence-electron chi connectivity index (χ1n) is 5.79. The van der Waals surface area contributed by atoms with Gasteiger partial charge in [-0.25, -0.2) is 9.18 Å². The van der Waals surface area contributed by atoms with Crippen LogP contribution in [-0.4, -0.2) is 22.9 Å². The number of aliphatic carboxylic acids is 1. The SMILES string of the molecule is O=C(O)C(=CNC1CC1)C(=O)c1cc(F)c(Cl)cc1Cl. The van der Waals surface area contributed by atoms with Gasteiger partial charge in [-0.1, -0.05) is 23.2 Å². The number of hydrogen-bond donors (Lipinski definition) is 2. The van der Waals surface area contributed by atoms with Crippen molar-refractivity contribution >= 4 is 35.0 Å². The molecule has 7 heteroatoms. The van der Waals surface area contributed by atoms with Crippen molar-refractivity contribution in [3.05, 3.63) is 45.3 Å². The molecule has 20 heavy (non-hydrogen) atoms. The van der Waals surface area contributed by atoms with Crippen LogP contribution < -0.4 is 5.32 Å². The Morgan fingerprint density at radius 3 is 2.50 bits per heavy atom. The molecule has 0 aromatic heterocycles. The summed E-state index contributed by atoms with van der Waals surface area (Å²) >= 11 is 11.3. The molecule has 4 nitrogen and oxygen atoms in total. The predicted octanol–water partition coefficient (Wildman–Crippen LogP) is 3.04. The number of hydrogen-bond acceptors (Lipinski definition) is 3. The lowest BCUT2D eigenvalue weighted by molar-refractivity contribution is -0.132. The van der Waals surface area contributed by atoms with Crippen LogP contribution in [0.15, 0.2) is 23.9 Å². The van der Waals surface area contributed by atoms with Crippen LogP contribution in [0.1, 0.15) is 23.2 Å². The number of halogens is 3. The minimum absolute atomic E-state index is 0.0972. The van der Waals surface area contributed by atoms with Crippen LogP contribution in [-0.2, 0) is 4.79 Å². The molecule has 0 spiro atoms. The molecule has 1 aromatic carbocycles. The van der Waals surface area contributed by atoms with Crippen molar-refractivity contribution in [1.82, 2.24) is 5.32 Å². The Kier molecular flexibility index (Phi) is 4.30. The summed E-state index contributed by atoms with van der Waals surface area (Å²) in [5, 5.41) is 11.5. The van der Waals surface area contributed by atoms with Crippen LogP contribution in [0.3, 0.4) is 0 Å². The fourth-order valence-corrected chi connectivity index (χ4v) is 1.99. The number of rotatable bonds is 5. The van der Waals surface area contributed by atoms with Crippen LogP contribution in [0, 0.1) is 5.82 Å². The van der Waals surface area contributed by atoms with Gasteiger partial charge in [0.25, 0.3) is 0 Å². The first kappa shape index (κ1) is 14.8. The van der Waals surface area contributed by atoms with Gasteiger partial charge in [-0.15, -0.1) is 0 Å². The second-order valence-electron chi connectivity index (χ2n) is 4.38. The molecular weight excluding hydrogens is 308 g/mol. The molecule has 0 radical (unpaired) electrons. The Bertz CT molecular complexity index is 612. The molecule has 2 N–H and O–H groups in total. The molecule has 0 saturated heterocycles. The molecule has 1 aliphatic carbocycles. The summed E-state index contributed by atoms with van der Waals surface area (Å²) in [4.78, 5) is 23.2. The molecule has 1 aliphatic rings. The smallest absolute Gasteiger partial charge is 0.341 e. The quantitative estimate of drug-likeness (QED) is 0.288. The van der Waals surface area contributed by atoms with Crippen molar-refractivity contribution in [2.75, 3.05) is 0 Å². The van der Waals surface area contributed by atoms with Gasteiger partial charge in [0.05, 0.1) is 10.0 Å². The molecule has 0 aliphatic heterocycles. The van der Waals surface area contributed by atoms with Crippen LogP contribution in [0.25, 0.3) is 0 Å². The second kappa shape index (κ2) is 5.81. The number of carboxylic acid groups (broad SMARTS) is 1. The minimum atomic E-state index is -1.41. The molecule has 0 bridgehead atoms. The van der Waals surface area contributed by atoms with Crippen LogP contribution in [0.4, 0.5) is 4.39 Å². The lowest BCUT2D eigenvalue weighted by Crippen LogP contribution is -2.18. The number of carbonyl (C=O) groups is 2. The lowest BCUT2D eigenvalue weighted by Gasteiger charge is -2.06. The first-order valence-corrected chi connectivity index (χ1v) is 6.54. The monoisotopic (exact) mass is 317 g/mol. The number of Topliss-reactive ketones (excluding diaryl/α,β-unsaturated/α-hetero) is 1. The van der Waals surface area contributed by atoms with Crippen molar-refractivity contribution in [3.8, 4) is 0 Å². The maximum absolute atomic E-state index is 13.4. The summed E-state index contributed by atoms with van der Waals surface area (Å²) in [5.74, 6) is -3.11. The van der Waals surface area contributed by atoms with E-state index in [9.17, 15) is 14.0 Å². The summed E-state index contributed by atoms with van der Waals surface area (Å²) in [6.45, 7) is 0. The van der Waals surface area contributed by atoms with Crippen molar-refractivity contribution in [3.63, 3.8) is 0 Å². The lowest BCUT2D eigenvalue weighted by atomic mass is 10.0. The Labute approximate surface area is 124 Å². The third kappa shape index (κ3) is 3.29. The number of nitrogens with one attached hydrogen (secondary N) is 1. The maximum Gasteiger partial charge on any atom is 0.341 e. The summed E-state index contributed by atoms with van der Waals surface area (Å²) in [6, 6.07) is 2.09. The zero-order valence-corrected chi connectivity index (χ0v) is 11.6. The summed E-state index contributed by atoms with van der Waals surface area (Å²) < 4.78 is 13.4. The number of ketones is 1. The van der Waals surface area contributed by atoms with E-state index in [2.05, 4.69) is 5.32 Å². The molecular formula is C13H10Cl2FNO3. The van der Waals surface area contributed by atoms with Crippen molar-refractivity contribution in [2.24, 2.45) is 0 Å². The normalized spacial score (nSPS) is 15.1. The number of carbonyl (C=O) groups excluding carboxylic acids is 1. The van der Waals surface area contributed by atoms with Gasteiger partial charge in [-0.2, -0.15) is 0 Å². The topological polar surface area (TPSA) is 66.4 Å². The molecule has 1 aromatic rings. The molecule has 1 fully saturated rings. The fourth-order valence-electron chi connectivity index (χ4n) is 1.52. The highest BCUT2D eigenvalue weighted by Gasteiger charge is 2.25. The van der Waals surface area contributed by atoms with Gasteiger partial charge in [0, 0.05) is 17.8 Å². The van der Waals surface area contributed by atoms with E-state index >= 15 is 0 Å². The molecule has 106 valence electrons. The largest absolute Gasteiger partial charge is 0.477 e. The van der Waals surface area contributed by atoms with E-state index in [0.29, 0.717) is 0 Å². The van der Waals surface area contributed by atoms with Gasteiger partial charge in [-0.3, -0.25) is 4.79 Å². The number of benzene rings is 1. The van der Waals surface area contributed by atoms with E-state index in [-0.39, 0.29) is 21.7 Å². The Hall–Kier alpha value is -1.59. The molecule has 2 rings (SSSR count). The van der Waals surface area contributed by atoms with Gasteiger partial charge in [0.2, 0.25) is 5.78 Å². The van der Waals surface area contributed by atoms with Gasteiger partial charge in [-0.05, 0) is 25.0 Å². The number of carboxylic acids is 1. The highest BCUT2D eigenvalue weighted by atomic mass is 35.5. The van der Waals surface area contributed by atoms with Gasteiger partial charge in [0.1, 0.15) is 11.4 Å². The summed E-state index contributed by atoms with van der Waals surface area (Å²) in [7, 11) is 0.